The first-order valence-electron chi connectivity index (χ1n) is 6.85. The van der Waals surface area contributed by atoms with Gasteiger partial charge in [-0.3, -0.25) is 0 Å². The molecule has 108 valence electrons. The molecule has 0 aliphatic heterocycles. The van der Waals surface area contributed by atoms with Crippen molar-refractivity contribution < 1.29 is 9.47 Å². The number of hydrogen-bond donors (Lipinski definition) is 0. The number of ether oxygens (including phenoxy) is 2. The molecule has 19 heavy (non-hydrogen) atoms. The minimum Gasteiger partial charge on any atom is -0.383 e. The molecule has 6 heteroatoms. The summed E-state index contributed by atoms with van der Waals surface area (Å²) in [4.78, 5) is 0. The van der Waals surface area contributed by atoms with Gasteiger partial charge in [-0.15, -0.1) is 21.8 Å². The molecule has 0 radical (unpaired) electrons. The SMILES string of the molecule is CCOC1CC(Cc2nnc(CCl)n2CCOC)C1. The quantitative estimate of drug-likeness (QED) is 0.687. The van der Waals surface area contributed by atoms with Crippen LogP contribution in [0.3, 0.4) is 0 Å². The van der Waals surface area contributed by atoms with Crippen LogP contribution in [0.4, 0.5) is 0 Å². The molecule has 0 saturated heterocycles. The Balaban J connectivity index is 1.91. The molecule has 1 saturated carbocycles. The van der Waals surface area contributed by atoms with Crippen molar-refractivity contribution in [3.8, 4) is 0 Å². The van der Waals surface area contributed by atoms with E-state index >= 15 is 0 Å². The maximum absolute atomic E-state index is 5.89. The van der Waals surface area contributed by atoms with Crippen LogP contribution in [0.25, 0.3) is 0 Å². The van der Waals surface area contributed by atoms with E-state index < -0.39 is 0 Å². The van der Waals surface area contributed by atoms with Crippen molar-refractivity contribution in [3.63, 3.8) is 0 Å². The van der Waals surface area contributed by atoms with Crippen molar-refractivity contribution in [2.45, 2.75) is 44.7 Å². The van der Waals surface area contributed by atoms with Crippen LogP contribution >= 0.6 is 11.6 Å². The van der Waals surface area contributed by atoms with Crippen LogP contribution in [0.15, 0.2) is 0 Å². The second-order valence-corrected chi connectivity index (χ2v) is 5.20. The Bertz CT molecular complexity index is 391. The second-order valence-electron chi connectivity index (χ2n) is 4.93. The lowest BCUT2D eigenvalue weighted by molar-refractivity contribution is -0.0248. The van der Waals surface area contributed by atoms with E-state index in [2.05, 4.69) is 14.8 Å². The van der Waals surface area contributed by atoms with Crippen LogP contribution in [0.1, 0.15) is 31.4 Å². The molecule has 0 atom stereocenters. The van der Waals surface area contributed by atoms with Gasteiger partial charge in [0.2, 0.25) is 0 Å². The van der Waals surface area contributed by atoms with Gasteiger partial charge in [-0.25, -0.2) is 0 Å². The van der Waals surface area contributed by atoms with Gasteiger partial charge in [0.25, 0.3) is 0 Å². The standard InChI is InChI=1S/C13H22ClN3O2/c1-3-19-11-6-10(7-11)8-12-15-16-13(9-14)17(12)4-5-18-2/h10-11H,3-9H2,1-2H3. The molecule has 1 aromatic heterocycles. The zero-order chi connectivity index (χ0) is 13.7. The molecule has 5 nitrogen and oxygen atoms in total. The molecule has 0 aromatic carbocycles. The summed E-state index contributed by atoms with van der Waals surface area (Å²) in [5.41, 5.74) is 0. The van der Waals surface area contributed by atoms with Gasteiger partial charge in [-0.05, 0) is 25.7 Å². The summed E-state index contributed by atoms with van der Waals surface area (Å²) in [7, 11) is 1.70. The lowest BCUT2D eigenvalue weighted by atomic mass is 9.80. The Hall–Kier alpha value is -0.650. The van der Waals surface area contributed by atoms with Gasteiger partial charge >= 0.3 is 0 Å². The van der Waals surface area contributed by atoms with Crippen molar-refractivity contribution in [3.05, 3.63) is 11.6 Å². The van der Waals surface area contributed by atoms with E-state index in [1.165, 1.54) is 0 Å². The van der Waals surface area contributed by atoms with Crippen LogP contribution in [-0.4, -0.2) is 41.2 Å². The van der Waals surface area contributed by atoms with Gasteiger partial charge in [0.15, 0.2) is 0 Å². The van der Waals surface area contributed by atoms with Gasteiger partial charge in [0.05, 0.1) is 18.6 Å². The summed E-state index contributed by atoms with van der Waals surface area (Å²) in [6, 6.07) is 0. The molecule has 1 aliphatic carbocycles. The van der Waals surface area contributed by atoms with Gasteiger partial charge in [0, 0.05) is 26.7 Å². The highest BCUT2D eigenvalue weighted by Gasteiger charge is 2.31. The molecule has 0 N–H and O–H groups in total. The Morgan fingerprint density at radius 3 is 2.68 bits per heavy atom. The molecule has 2 rings (SSSR count). The minimum atomic E-state index is 0.392. The largest absolute Gasteiger partial charge is 0.383 e. The van der Waals surface area contributed by atoms with Gasteiger partial charge in [-0.1, -0.05) is 0 Å². The maximum Gasteiger partial charge on any atom is 0.148 e. The lowest BCUT2D eigenvalue weighted by Gasteiger charge is -2.34. The second kappa shape index (κ2) is 7.22. The summed E-state index contributed by atoms with van der Waals surface area (Å²) in [5, 5.41) is 8.41. The van der Waals surface area contributed by atoms with E-state index in [-0.39, 0.29) is 0 Å². The molecule has 0 bridgehead atoms. The predicted molar refractivity (Wildman–Crippen MR) is 73.3 cm³/mol. The zero-order valence-corrected chi connectivity index (χ0v) is 12.4. The average molecular weight is 288 g/mol. The normalized spacial score (nSPS) is 22.5. The van der Waals surface area contributed by atoms with Gasteiger partial charge in [0.1, 0.15) is 11.6 Å². The number of nitrogens with zero attached hydrogens (tertiary/aromatic N) is 3. The summed E-state index contributed by atoms with van der Waals surface area (Å²) < 4.78 is 12.8. The van der Waals surface area contributed by atoms with Gasteiger partial charge < -0.3 is 14.0 Å². The van der Waals surface area contributed by atoms with E-state index in [0.717, 1.165) is 44.1 Å². The summed E-state index contributed by atoms with van der Waals surface area (Å²) in [5.74, 6) is 2.90. The smallest absolute Gasteiger partial charge is 0.148 e. The summed E-state index contributed by atoms with van der Waals surface area (Å²) >= 11 is 5.89. The third-order valence-corrected chi connectivity index (χ3v) is 3.85. The highest BCUT2D eigenvalue weighted by atomic mass is 35.5. The van der Waals surface area contributed by atoms with Crippen molar-refractivity contribution in [2.75, 3.05) is 20.3 Å². The third-order valence-electron chi connectivity index (χ3n) is 3.61. The fourth-order valence-electron chi connectivity index (χ4n) is 2.53. The van der Waals surface area contributed by atoms with E-state index in [0.29, 0.717) is 24.5 Å². The summed E-state index contributed by atoms with van der Waals surface area (Å²) in [6.07, 6.45) is 3.65. The maximum atomic E-state index is 5.89. The van der Waals surface area contributed by atoms with Crippen molar-refractivity contribution >= 4 is 11.6 Å². The van der Waals surface area contributed by atoms with Crippen LogP contribution in [0.5, 0.6) is 0 Å². The number of aromatic nitrogens is 3. The van der Waals surface area contributed by atoms with E-state index in [4.69, 9.17) is 21.1 Å². The van der Waals surface area contributed by atoms with Crippen molar-refractivity contribution in [1.29, 1.82) is 0 Å². The fraction of sp³-hybridized carbons (Fsp3) is 0.846. The van der Waals surface area contributed by atoms with E-state index in [1.54, 1.807) is 7.11 Å². The predicted octanol–water partition coefficient (Wildman–Crippen LogP) is 2.02. The van der Waals surface area contributed by atoms with Crippen molar-refractivity contribution in [1.82, 2.24) is 14.8 Å². The molecule has 1 heterocycles. The van der Waals surface area contributed by atoms with E-state index in [1.807, 2.05) is 6.92 Å². The fourth-order valence-corrected chi connectivity index (χ4v) is 2.73. The molecule has 1 fully saturated rings. The lowest BCUT2D eigenvalue weighted by Crippen LogP contribution is -2.33. The molecular formula is C13H22ClN3O2. The topological polar surface area (TPSA) is 49.2 Å². The molecule has 0 unspecified atom stereocenters. The number of rotatable bonds is 8. The monoisotopic (exact) mass is 287 g/mol. The van der Waals surface area contributed by atoms with Crippen LogP contribution in [-0.2, 0) is 28.3 Å². The van der Waals surface area contributed by atoms with Crippen molar-refractivity contribution in [2.24, 2.45) is 5.92 Å². The Morgan fingerprint density at radius 2 is 2.05 bits per heavy atom. The zero-order valence-electron chi connectivity index (χ0n) is 11.6. The van der Waals surface area contributed by atoms with Crippen LogP contribution in [0.2, 0.25) is 0 Å². The first kappa shape index (κ1) is 14.8. The first-order chi connectivity index (χ1) is 9.28. The molecule has 0 spiro atoms. The average Bonchev–Trinajstić information content (AvgIpc) is 2.76. The van der Waals surface area contributed by atoms with E-state index in [9.17, 15) is 0 Å². The molecular weight excluding hydrogens is 266 g/mol. The first-order valence-corrected chi connectivity index (χ1v) is 7.39. The van der Waals surface area contributed by atoms with Crippen LogP contribution in [0, 0.1) is 5.92 Å². The Kier molecular flexibility index (Phi) is 5.60. The van der Waals surface area contributed by atoms with Gasteiger partial charge in [-0.2, -0.15) is 0 Å². The number of hydrogen-bond acceptors (Lipinski definition) is 4. The Labute approximate surface area is 119 Å². The number of methoxy groups -OCH3 is 1. The molecule has 0 amide bonds. The highest BCUT2D eigenvalue weighted by Crippen LogP contribution is 2.32. The van der Waals surface area contributed by atoms with Crippen LogP contribution < -0.4 is 0 Å². The number of alkyl halides is 1. The minimum absolute atomic E-state index is 0.392. The molecule has 1 aliphatic rings. The number of halogens is 1. The summed E-state index contributed by atoms with van der Waals surface area (Å²) in [6.45, 7) is 4.27. The Morgan fingerprint density at radius 1 is 1.32 bits per heavy atom. The molecule has 1 aromatic rings. The third kappa shape index (κ3) is 3.68. The highest BCUT2D eigenvalue weighted by molar-refractivity contribution is 6.16.